The van der Waals surface area contributed by atoms with Crippen LogP contribution in [0.4, 0.5) is 0 Å². The Kier molecular flexibility index (Phi) is 4.50. The second-order valence-corrected chi connectivity index (χ2v) is 6.08. The summed E-state index contributed by atoms with van der Waals surface area (Å²) < 4.78 is 0. The Balaban J connectivity index is 2.39. The highest BCUT2D eigenvalue weighted by Crippen LogP contribution is 2.43. The molecule has 0 radical (unpaired) electrons. The van der Waals surface area contributed by atoms with Gasteiger partial charge < -0.3 is 5.11 Å². The lowest BCUT2D eigenvalue weighted by Crippen LogP contribution is -2.26. The van der Waals surface area contributed by atoms with Crippen LogP contribution in [0.2, 0.25) is 0 Å². The fraction of sp³-hybridized carbons (Fsp3) is 0.556. The molecule has 0 bridgehead atoms. The van der Waals surface area contributed by atoms with Crippen LogP contribution in [0.15, 0.2) is 18.2 Å². The number of carboxylic acids is 1. The molecule has 21 heavy (non-hydrogen) atoms. The van der Waals surface area contributed by atoms with Crippen LogP contribution in [0, 0.1) is 11.3 Å². The van der Waals surface area contributed by atoms with Gasteiger partial charge in [-0.05, 0) is 43.2 Å². The average Bonchev–Trinajstić information content (AvgIpc) is 2.78. The van der Waals surface area contributed by atoms with Crippen molar-refractivity contribution < 1.29 is 14.7 Å². The molecule has 2 rings (SSSR count). The van der Waals surface area contributed by atoms with E-state index in [-0.39, 0.29) is 17.1 Å². The minimum atomic E-state index is -0.753. The Labute approximate surface area is 126 Å². The van der Waals surface area contributed by atoms with Crippen molar-refractivity contribution in [2.24, 2.45) is 11.3 Å². The van der Waals surface area contributed by atoms with Gasteiger partial charge in [0.25, 0.3) is 0 Å². The molecule has 0 saturated carbocycles. The molecule has 0 heterocycles. The van der Waals surface area contributed by atoms with Crippen LogP contribution >= 0.6 is 0 Å². The van der Waals surface area contributed by atoms with Gasteiger partial charge in [0.1, 0.15) is 0 Å². The normalized spacial score (nSPS) is 17.6. The summed E-state index contributed by atoms with van der Waals surface area (Å²) in [4.78, 5) is 24.0. The molecule has 1 aliphatic carbocycles. The van der Waals surface area contributed by atoms with Gasteiger partial charge in [0.2, 0.25) is 0 Å². The first-order valence-electron chi connectivity index (χ1n) is 7.87. The van der Waals surface area contributed by atoms with Gasteiger partial charge >= 0.3 is 5.97 Å². The Bertz CT molecular complexity index is 556. The number of rotatable bonds is 6. The minimum Gasteiger partial charge on any atom is -0.481 e. The van der Waals surface area contributed by atoms with E-state index in [1.807, 2.05) is 25.1 Å². The third-order valence-corrected chi connectivity index (χ3v) is 5.18. The highest BCUT2D eigenvalue weighted by Gasteiger charge is 2.43. The number of hydrogen-bond donors (Lipinski definition) is 1. The van der Waals surface area contributed by atoms with Crippen molar-refractivity contribution >= 4 is 11.8 Å². The second kappa shape index (κ2) is 6.00. The van der Waals surface area contributed by atoms with E-state index in [9.17, 15) is 14.7 Å². The molecule has 1 N–H and O–H groups in total. The van der Waals surface area contributed by atoms with Crippen molar-refractivity contribution in [2.75, 3.05) is 0 Å². The molecular weight excluding hydrogens is 264 g/mol. The van der Waals surface area contributed by atoms with Crippen LogP contribution in [0.5, 0.6) is 0 Å². The Morgan fingerprint density at radius 2 is 1.95 bits per heavy atom. The van der Waals surface area contributed by atoms with Crippen molar-refractivity contribution in [3.8, 4) is 0 Å². The first-order valence-corrected chi connectivity index (χ1v) is 7.87. The van der Waals surface area contributed by atoms with E-state index in [1.165, 1.54) is 0 Å². The van der Waals surface area contributed by atoms with Crippen molar-refractivity contribution in [1.82, 2.24) is 0 Å². The summed E-state index contributed by atoms with van der Waals surface area (Å²) in [5.41, 5.74) is 2.67. The molecule has 1 unspecified atom stereocenters. The number of Topliss-reactive ketones (excluding diaryl/α,β-unsaturated/α-hetero) is 1. The maximum Gasteiger partial charge on any atom is 0.306 e. The maximum absolute atomic E-state index is 12.7. The molecule has 1 atom stereocenters. The van der Waals surface area contributed by atoms with E-state index in [1.54, 1.807) is 0 Å². The van der Waals surface area contributed by atoms with Crippen LogP contribution < -0.4 is 0 Å². The number of carbonyl (C=O) groups is 2. The predicted molar refractivity (Wildman–Crippen MR) is 82.6 cm³/mol. The lowest BCUT2D eigenvalue weighted by molar-refractivity contribution is -0.141. The summed E-state index contributed by atoms with van der Waals surface area (Å²) >= 11 is 0. The van der Waals surface area contributed by atoms with Gasteiger partial charge in [-0.1, -0.05) is 39.0 Å². The van der Waals surface area contributed by atoms with Crippen LogP contribution in [-0.2, 0) is 17.6 Å². The Morgan fingerprint density at radius 1 is 1.29 bits per heavy atom. The zero-order chi connectivity index (χ0) is 15.6. The summed E-state index contributed by atoms with van der Waals surface area (Å²) in [6.07, 6.45) is 3.57. The van der Waals surface area contributed by atoms with E-state index in [0.29, 0.717) is 12.8 Å². The van der Waals surface area contributed by atoms with Crippen LogP contribution in [0.1, 0.15) is 61.5 Å². The summed E-state index contributed by atoms with van der Waals surface area (Å²) in [6, 6.07) is 5.77. The van der Waals surface area contributed by atoms with Crippen LogP contribution in [0.3, 0.4) is 0 Å². The monoisotopic (exact) mass is 288 g/mol. The zero-order valence-electron chi connectivity index (χ0n) is 13.1. The van der Waals surface area contributed by atoms with Gasteiger partial charge in [-0.25, -0.2) is 0 Å². The Morgan fingerprint density at radius 3 is 2.48 bits per heavy atom. The van der Waals surface area contributed by atoms with Gasteiger partial charge in [-0.15, -0.1) is 0 Å². The van der Waals surface area contributed by atoms with E-state index in [0.717, 1.165) is 36.0 Å². The lowest BCUT2D eigenvalue weighted by atomic mass is 9.78. The highest BCUT2D eigenvalue weighted by atomic mass is 16.4. The Hall–Kier alpha value is -1.64. The molecule has 3 nitrogen and oxygen atoms in total. The molecule has 1 aromatic rings. The van der Waals surface area contributed by atoms with E-state index >= 15 is 0 Å². The SMILES string of the molecule is CCC(Cc1cccc2c1CC(CC)(CC)C2=O)C(=O)O. The van der Waals surface area contributed by atoms with E-state index in [2.05, 4.69) is 13.8 Å². The number of carboxylic acid groups (broad SMARTS) is 1. The first-order chi connectivity index (χ1) is 9.99. The van der Waals surface area contributed by atoms with E-state index in [4.69, 9.17) is 0 Å². The number of fused-ring (bicyclic) bond motifs is 1. The van der Waals surface area contributed by atoms with Gasteiger partial charge in [0.05, 0.1) is 5.92 Å². The molecule has 0 fully saturated rings. The topological polar surface area (TPSA) is 54.4 Å². The number of aliphatic carboxylic acids is 1. The summed E-state index contributed by atoms with van der Waals surface area (Å²) in [5, 5.41) is 9.26. The van der Waals surface area contributed by atoms with Crippen LogP contribution in [-0.4, -0.2) is 16.9 Å². The molecule has 0 aliphatic heterocycles. The summed E-state index contributed by atoms with van der Waals surface area (Å²) in [7, 11) is 0. The molecule has 0 aromatic heterocycles. The molecule has 1 aromatic carbocycles. The van der Waals surface area contributed by atoms with Crippen LogP contribution in [0.25, 0.3) is 0 Å². The molecule has 1 aliphatic rings. The fourth-order valence-electron chi connectivity index (χ4n) is 3.44. The highest BCUT2D eigenvalue weighted by molar-refractivity contribution is 6.05. The molecule has 114 valence electrons. The minimum absolute atomic E-state index is 0.243. The largest absolute Gasteiger partial charge is 0.481 e. The van der Waals surface area contributed by atoms with Gasteiger partial charge in [-0.3, -0.25) is 9.59 Å². The second-order valence-electron chi connectivity index (χ2n) is 6.08. The molecule has 0 amide bonds. The number of hydrogen-bond acceptors (Lipinski definition) is 2. The number of carbonyl (C=O) groups excluding carboxylic acids is 1. The van der Waals surface area contributed by atoms with E-state index < -0.39 is 5.97 Å². The molecular formula is C18H24O3. The van der Waals surface area contributed by atoms with Gasteiger partial charge in [-0.2, -0.15) is 0 Å². The summed E-state index contributed by atoms with van der Waals surface area (Å²) in [6.45, 7) is 6.04. The predicted octanol–water partition coefficient (Wildman–Crippen LogP) is 3.89. The maximum atomic E-state index is 12.7. The standard InChI is InChI=1S/C18H24O3/c1-4-12(17(20)21)10-13-8-7-9-14-15(13)11-18(5-2,6-3)16(14)19/h7-9,12H,4-6,10-11H2,1-3H3,(H,20,21). The third-order valence-electron chi connectivity index (χ3n) is 5.18. The van der Waals surface area contributed by atoms with Crippen molar-refractivity contribution in [2.45, 2.75) is 52.9 Å². The van der Waals surface area contributed by atoms with Crippen molar-refractivity contribution in [3.05, 3.63) is 34.9 Å². The smallest absolute Gasteiger partial charge is 0.306 e. The number of ketones is 1. The van der Waals surface area contributed by atoms with Crippen molar-refractivity contribution in [3.63, 3.8) is 0 Å². The van der Waals surface area contributed by atoms with Crippen molar-refractivity contribution in [1.29, 1.82) is 0 Å². The lowest BCUT2D eigenvalue weighted by Gasteiger charge is -2.23. The number of benzene rings is 1. The molecule has 3 heteroatoms. The molecule has 0 spiro atoms. The third kappa shape index (κ3) is 2.61. The van der Waals surface area contributed by atoms with Gasteiger partial charge in [0, 0.05) is 11.0 Å². The summed E-state index contributed by atoms with van der Waals surface area (Å²) in [5.74, 6) is -0.880. The fourth-order valence-corrected chi connectivity index (χ4v) is 3.44. The average molecular weight is 288 g/mol. The van der Waals surface area contributed by atoms with Gasteiger partial charge in [0.15, 0.2) is 5.78 Å². The zero-order valence-corrected chi connectivity index (χ0v) is 13.1. The quantitative estimate of drug-likeness (QED) is 0.864. The molecule has 0 saturated heterocycles. The first kappa shape index (κ1) is 15.7.